The van der Waals surface area contributed by atoms with Gasteiger partial charge < -0.3 is 10.4 Å². The highest BCUT2D eigenvalue weighted by Crippen LogP contribution is 2.25. The molecule has 0 aromatic heterocycles. The molecule has 1 aliphatic rings. The maximum atomic E-state index is 12.3. The third-order valence-corrected chi connectivity index (χ3v) is 3.81. The van der Waals surface area contributed by atoms with Crippen LogP contribution in [0.5, 0.6) is 0 Å². The van der Waals surface area contributed by atoms with E-state index >= 15 is 0 Å². The maximum absolute atomic E-state index is 12.3. The van der Waals surface area contributed by atoms with Gasteiger partial charge in [0.1, 0.15) is 5.71 Å². The van der Waals surface area contributed by atoms with Crippen LogP contribution in [0.3, 0.4) is 0 Å². The monoisotopic (exact) mass is 327 g/mol. The standard InChI is InChI=1S/C18H21N3O3/c1-4-5-14(11-22)19-18(24)15-8-9-17(23)21(20-15)16-10-12(2)6-7-13(16)3/h1,6-7,10,14,22H,5,8-9,11H2,2-3H3,(H,19,24)/t14-/m1/s1. The molecular weight excluding hydrogens is 306 g/mol. The molecule has 0 aliphatic carbocycles. The van der Waals surface area contributed by atoms with Gasteiger partial charge in [0.05, 0.1) is 18.3 Å². The Kier molecular flexibility index (Phi) is 5.72. The van der Waals surface area contributed by atoms with Gasteiger partial charge in [-0.2, -0.15) is 5.10 Å². The third kappa shape index (κ3) is 4.00. The van der Waals surface area contributed by atoms with Gasteiger partial charge in [-0.3, -0.25) is 9.59 Å². The van der Waals surface area contributed by atoms with Crippen molar-refractivity contribution in [3.8, 4) is 12.3 Å². The second kappa shape index (κ2) is 7.75. The van der Waals surface area contributed by atoms with Crippen LogP contribution in [0.4, 0.5) is 5.69 Å². The molecule has 0 saturated heterocycles. The van der Waals surface area contributed by atoms with E-state index in [2.05, 4.69) is 16.3 Å². The largest absolute Gasteiger partial charge is 0.394 e. The number of anilines is 1. The van der Waals surface area contributed by atoms with Crippen molar-refractivity contribution in [3.05, 3.63) is 29.3 Å². The van der Waals surface area contributed by atoms with Crippen LogP contribution < -0.4 is 10.3 Å². The number of nitrogens with zero attached hydrogens (tertiary/aromatic N) is 2. The van der Waals surface area contributed by atoms with Crippen LogP contribution in [-0.2, 0) is 9.59 Å². The molecule has 0 saturated carbocycles. The Morgan fingerprint density at radius 1 is 1.46 bits per heavy atom. The van der Waals surface area contributed by atoms with E-state index in [1.807, 2.05) is 32.0 Å². The van der Waals surface area contributed by atoms with Crippen molar-refractivity contribution >= 4 is 23.2 Å². The molecule has 0 bridgehead atoms. The van der Waals surface area contributed by atoms with Crippen LogP contribution >= 0.6 is 0 Å². The molecule has 6 heteroatoms. The zero-order valence-electron chi connectivity index (χ0n) is 13.9. The molecule has 2 N–H and O–H groups in total. The van der Waals surface area contributed by atoms with E-state index in [1.54, 1.807) is 0 Å². The summed E-state index contributed by atoms with van der Waals surface area (Å²) in [5, 5.41) is 17.4. The molecule has 126 valence electrons. The fourth-order valence-corrected chi connectivity index (χ4v) is 2.42. The van der Waals surface area contributed by atoms with Crippen molar-refractivity contribution in [2.24, 2.45) is 5.10 Å². The maximum Gasteiger partial charge on any atom is 0.267 e. The van der Waals surface area contributed by atoms with Crippen molar-refractivity contribution in [2.75, 3.05) is 11.6 Å². The first kappa shape index (κ1) is 17.7. The first-order chi connectivity index (χ1) is 11.5. The number of nitrogens with one attached hydrogen (secondary N) is 1. The van der Waals surface area contributed by atoms with Gasteiger partial charge in [0.25, 0.3) is 5.91 Å². The second-order valence-electron chi connectivity index (χ2n) is 5.80. The van der Waals surface area contributed by atoms with E-state index in [9.17, 15) is 14.7 Å². The number of rotatable bonds is 5. The summed E-state index contributed by atoms with van der Waals surface area (Å²) in [7, 11) is 0. The van der Waals surface area contributed by atoms with E-state index in [0.29, 0.717) is 5.69 Å². The summed E-state index contributed by atoms with van der Waals surface area (Å²) in [4.78, 5) is 24.5. The van der Waals surface area contributed by atoms with Crippen LogP contribution in [-0.4, -0.2) is 35.3 Å². The minimum atomic E-state index is -0.517. The lowest BCUT2D eigenvalue weighted by Gasteiger charge is -2.25. The highest BCUT2D eigenvalue weighted by atomic mass is 16.3. The Morgan fingerprint density at radius 2 is 2.21 bits per heavy atom. The average molecular weight is 327 g/mol. The highest BCUT2D eigenvalue weighted by Gasteiger charge is 2.27. The van der Waals surface area contributed by atoms with Crippen molar-refractivity contribution in [1.82, 2.24) is 5.32 Å². The molecule has 0 spiro atoms. The molecule has 1 atom stereocenters. The number of carbonyl (C=O) groups is 2. The predicted octanol–water partition coefficient (Wildman–Crippen LogP) is 1.29. The lowest BCUT2D eigenvalue weighted by molar-refractivity contribution is -0.119. The summed E-state index contributed by atoms with van der Waals surface area (Å²) in [5.74, 6) is 1.84. The molecule has 6 nitrogen and oxygen atoms in total. The van der Waals surface area contributed by atoms with Gasteiger partial charge >= 0.3 is 0 Å². The highest BCUT2D eigenvalue weighted by molar-refractivity contribution is 6.40. The fourth-order valence-electron chi connectivity index (χ4n) is 2.42. The van der Waals surface area contributed by atoms with Gasteiger partial charge in [0, 0.05) is 19.3 Å². The number of aliphatic hydroxyl groups excluding tert-OH is 1. The third-order valence-electron chi connectivity index (χ3n) is 3.81. The second-order valence-corrected chi connectivity index (χ2v) is 5.80. The van der Waals surface area contributed by atoms with Crippen molar-refractivity contribution in [1.29, 1.82) is 0 Å². The first-order valence-electron chi connectivity index (χ1n) is 7.79. The molecule has 2 amide bonds. The van der Waals surface area contributed by atoms with Gasteiger partial charge in [-0.05, 0) is 31.0 Å². The molecule has 1 aliphatic heterocycles. The molecule has 1 aromatic rings. The zero-order chi connectivity index (χ0) is 17.7. The minimum absolute atomic E-state index is 0.150. The number of hydrazone groups is 1. The quantitative estimate of drug-likeness (QED) is 0.800. The topological polar surface area (TPSA) is 82.0 Å². The van der Waals surface area contributed by atoms with Crippen LogP contribution in [0.25, 0.3) is 0 Å². The van der Waals surface area contributed by atoms with Crippen molar-refractivity contribution in [3.63, 3.8) is 0 Å². The molecule has 0 fully saturated rings. The molecular formula is C18H21N3O3. The zero-order valence-corrected chi connectivity index (χ0v) is 13.9. The number of terminal acetylenes is 1. The summed E-state index contributed by atoms with van der Waals surface area (Å²) in [6.45, 7) is 3.57. The Balaban J connectivity index is 2.26. The van der Waals surface area contributed by atoms with E-state index in [1.165, 1.54) is 5.01 Å². The van der Waals surface area contributed by atoms with Crippen LogP contribution in [0.1, 0.15) is 30.4 Å². The summed E-state index contributed by atoms with van der Waals surface area (Å²) < 4.78 is 0. The van der Waals surface area contributed by atoms with Crippen LogP contribution in [0, 0.1) is 26.2 Å². The Morgan fingerprint density at radius 3 is 2.88 bits per heavy atom. The first-order valence-corrected chi connectivity index (χ1v) is 7.79. The number of aliphatic hydroxyl groups is 1. The molecule has 0 unspecified atom stereocenters. The average Bonchev–Trinajstić information content (AvgIpc) is 2.57. The van der Waals surface area contributed by atoms with Gasteiger partial charge in [0.2, 0.25) is 5.91 Å². The summed E-state index contributed by atoms with van der Waals surface area (Å²) in [6, 6.07) is 5.22. The number of amides is 2. The summed E-state index contributed by atoms with van der Waals surface area (Å²) in [5.41, 5.74) is 2.84. The van der Waals surface area contributed by atoms with Gasteiger partial charge in [-0.15, -0.1) is 12.3 Å². The summed E-state index contributed by atoms with van der Waals surface area (Å²) in [6.07, 6.45) is 5.91. The van der Waals surface area contributed by atoms with Crippen molar-refractivity contribution in [2.45, 2.75) is 39.2 Å². The van der Waals surface area contributed by atoms with Gasteiger partial charge in [0.15, 0.2) is 0 Å². The Hall–Kier alpha value is -2.65. The number of carbonyl (C=O) groups excluding carboxylic acids is 2. The molecule has 1 heterocycles. The van der Waals surface area contributed by atoms with Crippen LogP contribution in [0.2, 0.25) is 0 Å². The predicted molar refractivity (Wildman–Crippen MR) is 92.5 cm³/mol. The van der Waals surface area contributed by atoms with Gasteiger partial charge in [-0.1, -0.05) is 12.1 Å². The number of hydrogen-bond acceptors (Lipinski definition) is 4. The van der Waals surface area contributed by atoms with Gasteiger partial charge in [-0.25, -0.2) is 5.01 Å². The Labute approximate surface area is 141 Å². The smallest absolute Gasteiger partial charge is 0.267 e. The van der Waals surface area contributed by atoms with E-state index in [4.69, 9.17) is 6.42 Å². The number of hydrogen-bond donors (Lipinski definition) is 2. The number of aryl methyl sites for hydroxylation is 2. The molecule has 2 rings (SSSR count). The Bertz CT molecular complexity index is 719. The molecule has 1 aromatic carbocycles. The number of benzene rings is 1. The van der Waals surface area contributed by atoms with Crippen molar-refractivity contribution < 1.29 is 14.7 Å². The summed E-state index contributed by atoms with van der Waals surface area (Å²) >= 11 is 0. The van der Waals surface area contributed by atoms with E-state index in [-0.39, 0.29) is 37.5 Å². The SMILES string of the molecule is C#CC[C@H](CO)NC(=O)C1=NN(c2cc(C)ccc2C)C(=O)CC1. The minimum Gasteiger partial charge on any atom is -0.394 e. The molecule has 24 heavy (non-hydrogen) atoms. The van der Waals surface area contributed by atoms with E-state index in [0.717, 1.165) is 11.1 Å². The van der Waals surface area contributed by atoms with Crippen LogP contribution in [0.15, 0.2) is 23.3 Å². The normalized spacial score (nSPS) is 15.5. The molecule has 0 radical (unpaired) electrons. The lowest BCUT2D eigenvalue weighted by Crippen LogP contribution is -2.44. The fraction of sp³-hybridized carbons (Fsp3) is 0.389. The lowest BCUT2D eigenvalue weighted by atomic mass is 10.1. The van der Waals surface area contributed by atoms with E-state index < -0.39 is 11.9 Å².